The summed E-state index contributed by atoms with van der Waals surface area (Å²) in [4.78, 5) is 2.18. The van der Waals surface area contributed by atoms with Crippen LogP contribution in [0.1, 0.15) is 25.3 Å². The summed E-state index contributed by atoms with van der Waals surface area (Å²) < 4.78 is 16.0. The Labute approximate surface area is 133 Å². The van der Waals surface area contributed by atoms with Crippen molar-refractivity contribution >= 4 is 0 Å². The van der Waals surface area contributed by atoms with E-state index < -0.39 is 0 Å². The molecule has 0 saturated carbocycles. The smallest absolute Gasteiger partial charge is 0.165 e. The van der Waals surface area contributed by atoms with Gasteiger partial charge in [-0.2, -0.15) is 0 Å². The van der Waals surface area contributed by atoms with Crippen LogP contribution >= 0.6 is 0 Å². The number of nitrogens with zero attached hydrogens (tertiary/aromatic N) is 1. The Morgan fingerprint density at radius 3 is 2.55 bits per heavy atom. The highest BCUT2D eigenvalue weighted by atomic mass is 16.5. The van der Waals surface area contributed by atoms with Crippen molar-refractivity contribution in [2.24, 2.45) is 0 Å². The molecule has 0 aliphatic rings. The lowest BCUT2D eigenvalue weighted by molar-refractivity contribution is 0.0795. The van der Waals surface area contributed by atoms with Crippen molar-refractivity contribution in [2.75, 3.05) is 41.0 Å². The molecular weight excluding hydrogens is 282 g/mol. The van der Waals surface area contributed by atoms with Crippen molar-refractivity contribution < 1.29 is 19.3 Å². The van der Waals surface area contributed by atoms with Crippen LogP contribution in [0.4, 0.5) is 0 Å². The van der Waals surface area contributed by atoms with E-state index in [-0.39, 0.29) is 6.10 Å². The largest absolute Gasteiger partial charge is 0.493 e. The first-order chi connectivity index (χ1) is 10.7. The Morgan fingerprint density at radius 1 is 1.18 bits per heavy atom. The predicted octanol–water partition coefficient (Wildman–Crippen LogP) is 2.31. The third-order valence-corrected chi connectivity index (χ3v) is 3.58. The molecule has 0 fully saturated rings. The van der Waals surface area contributed by atoms with Crippen LogP contribution in [0.5, 0.6) is 11.5 Å². The topological polar surface area (TPSA) is 51.2 Å². The van der Waals surface area contributed by atoms with Crippen LogP contribution in [0.3, 0.4) is 0 Å². The first-order valence-corrected chi connectivity index (χ1v) is 7.75. The lowest BCUT2D eigenvalue weighted by Gasteiger charge is -2.26. The molecule has 0 aromatic heterocycles. The van der Waals surface area contributed by atoms with Crippen molar-refractivity contribution in [1.82, 2.24) is 4.90 Å². The Balaban J connectivity index is 2.83. The minimum atomic E-state index is -0.321. The van der Waals surface area contributed by atoms with Gasteiger partial charge < -0.3 is 19.3 Å². The van der Waals surface area contributed by atoms with Crippen LogP contribution in [0.25, 0.3) is 0 Å². The fraction of sp³-hybridized carbons (Fsp3) is 0.647. The number of ether oxygens (including phenoxy) is 3. The van der Waals surface area contributed by atoms with Gasteiger partial charge in [-0.1, -0.05) is 25.5 Å². The van der Waals surface area contributed by atoms with Crippen LogP contribution in [0.15, 0.2) is 18.2 Å². The number of para-hydroxylation sites is 1. The summed E-state index contributed by atoms with van der Waals surface area (Å²) in [5.74, 6) is 1.47. The van der Waals surface area contributed by atoms with Gasteiger partial charge in [0, 0.05) is 32.3 Å². The quantitative estimate of drug-likeness (QED) is 0.679. The molecule has 0 unspecified atom stereocenters. The molecule has 1 atom stereocenters. The molecule has 0 spiro atoms. The number of hydrogen-bond donors (Lipinski definition) is 1. The molecule has 5 heteroatoms. The molecule has 0 aliphatic heterocycles. The van der Waals surface area contributed by atoms with Crippen molar-refractivity contribution in [3.63, 3.8) is 0 Å². The Hall–Kier alpha value is -1.30. The molecule has 0 radical (unpaired) electrons. The first-order valence-electron chi connectivity index (χ1n) is 7.75. The summed E-state index contributed by atoms with van der Waals surface area (Å²) in [6, 6.07) is 5.86. The van der Waals surface area contributed by atoms with E-state index in [9.17, 15) is 5.11 Å². The van der Waals surface area contributed by atoms with E-state index in [1.54, 1.807) is 21.3 Å². The summed E-state index contributed by atoms with van der Waals surface area (Å²) in [5, 5.41) is 10.1. The minimum absolute atomic E-state index is 0.321. The first kappa shape index (κ1) is 18.7. The zero-order valence-corrected chi connectivity index (χ0v) is 14.2. The molecule has 1 rings (SSSR count). The molecule has 126 valence electrons. The summed E-state index contributed by atoms with van der Waals surface area (Å²) in [6.45, 7) is 4.78. The average Bonchev–Trinajstić information content (AvgIpc) is 2.52. The molecule has 5 nitrogen and oxygen atoms in total. The van der Waals surface area contributed by atoms with Crippen LogP contribution in [-0.2, 0) is 11.3 Å². The van der Waals surface area contributed by atoms with Crippen LogP contribution in [-0.4, -0.2) is 57.1 Å². The zero-order valence-electron chi connectivity index (χ0n) is 14.2. The number of rotatable bonds is 11. The SMILES string of the molecule is CCC[C@@H](O)CN(CCOC)Cc1cccc(OC)c1OC. The van der Waals surface area contributed by atoms with Gasteiger partial charge in [-0.3, -0.25) is 4.90 Å². The highest BCUT2D eigenvalue weighted by Crippen LogP contribution is 2.31. The van der Waals surface area contributed by atoms with Gasteiger partial charge in [0.1, 0.15) is 0 Å². The summed E-state index contributed by atoms with van der Waals surface area (Å²) in [5.41, 5.74) is 1.04. The van der Waals surface area contributed by atoms with E-state index in [0.29, 0.717) is 19.7 Å². The van der Waals surface area contributed by atoms with Gasteiger partial charge in [-0.25, -0.2) is 0 Å². The molecule has 0 amide bonds. The average molecular weight is 311 g/mol. The molecule has 0 heterocycles. The van der Waals surface area contributed by atoms with Gasteiger partial charge in [-0.05, 0) is 12.5 Å². The van der Waals surface area contributed by atoms with Gasteiger partial charge in [0.15, 0.2) is 11.5 Å². The molecule has 22 heavy (non-hydrogen) atoms. The fourth-order valence-corrected chi connectivity index (χ4v) is 2.50. The van der Waals surface area contributed by atoms with E-state index in [0.717, 1.165) is 36.4 Å². The van der Waals surface area contributed by atoms with Crippen LogP contribution in [0.2, 0.25) is 0 Å². The fourth-order valence-electron chi connectivity index (χ4n) is 2.50. The van der Waals surface area contributed by atoms with E-state index in [1.165, 1.54) is 0 Å². The maximum atomic E-state index is 10.1. The third-order valence-electron chi connectivity index (χ3n) is 3.58. The lowest BCUT2D eigenvalue weighted by atomic mass is 10.1. The minimum Gasteiger partial charge on any atom is -0.493 e. The van der Waals surface area contributed by atoms with Gasteiger partial charge in [0.2, 0.25) is 0 Å². The second-order valence-corrected chi connectivity index (χ2v) is 5.32. The summed E-state index contributed by atoms with van der Waals surface area (Å²) in [7, 11) is 4.97. The number of aliphatic hydroxyl groups is 1. The van der Waals surface area contributed by atoms with E-state index in [2.05, 4.69) is 11.8 Å². The molecule has 1 aromatic carbocycles. The van der Waals surface area contributed by atoms with E-state index in [4.69, 9.17) is 14.2 Å². The summed E-state index contributed by atoms with van der Waals surface area (Å²) >= 11 is 0. The highest BCUT2D eigenvalue weighted by Gasteiger charge is 2.16. The third kappa shape index (κ3) is 5.83. The second-order valence-electron chi connectivity index (χ2n) is 5.32. The zero-order chi connectivity index (χ0) is 16.4. The standard InChI is InChI=1S/C17H29NO4/c1-5-7-15(19)13-18(10-11-20-2)12-14-8-6-9-16(21-3)17(14)22-4/h6,8-9,15,19H,5,7,10-13H2,1-4H3/t15-/m1/s1. The van der Waals surface area contributed by atoms with Crippen LogP contribution < -0.4 is 9.47 Å². The van der Waals surface area contributed by atoms with Crippen molar-refractivity contribution in [1.29, 1.82) is 0 Å². The number of hydrogen-bond acceptors (Lipinski definition) is 5. The van der Waals surface area contributed by atoms with Crippen molar-refractivity contribution in [3.8, 4) is 11.5 Å². The predicted molar refractivity (Wildman–Crippen MR) is 87.6 cm³/mol. The van der Waals surface area contributed by atoms with Crippen molar-refractivity contribution in [2.45, 2.75) is 32.4 Å². The van der Waals surface area contributed by atoms with Crippen LogP contribution in [0, 0.1) is 0 Å². The molecular formula is C17H29NO4. The van der Waals surface area contributed by atoms with Gasteiger partial charge in [-0.15, -0.1) is 0 Å². The monoisotopic (exact) mass is 311 g/mol. The molecule has 1 N–H and O–H groups in total. The Bertz CT molecular complexity index is 425. The Morgan fingerprint density at radius 2 is 1.95 bits per heavy atom. The van der Waals surface area contributed by atoms with E-state index >= 15 is 0 Å². The number of benzene rings is 1. The number of methoxy groups -OCH3 is 3. The van der Waals surface area contributed by atoms with Gasteiger partial charge in [0.05, 0.1) is 26.9 Å². The molecule has 1 aromatic rings. The van der Waals surface area contributed by atoms with Gasteiger partial charge >= 0.3 is 0 Å². The van der Waals surface area contributed by atoms with E-state index in [1.807, 2.05) is 18.2 Å². The lowest BCUT2D eigenvalue weighted by Crippen LogP contribution is -2.34. The highest BCUT2D eigenvalue weighted by molar-refractivity contribution is 5.46. The van der Waals surface area contributed by atoms with Crippen molar-refractivity contribution in [3.05, 3.63) is 23.8 Å². The van der Waals surface area contributed by atoms with Gasteiger partial charge in [0.25, 0.3) is 0 Å². The maximum absolute atomic E-state index is 10.1. The number of aliphatic hydroxyl groups excluding tert-OH is 1. The second kappa shape index (κ2) is 10.4. The normalized spacial score (nSPS) is 12.5. The molecule has 0 saturated heterocycles. The Kier molecular flexibility index (Phi) is 8.89. The summed E-state index contributed by atoms with van der Waals surface area (Å²) in [6.07, 6.45) is 1.46. The molecule has 0 aliphatic carbocycles. The maximum Gasteiger partial charge on any atom is 0.165 e. The molecule has 0 bridgehead atoms.